The summed E-state index contributed by atoms with van der Waals surface area (Å²) >= 11 is 0. The molecule has 27 heavy (non-hydrogen) atoms. The largest absolute Gasteiger partial charge is 0.385 e. The number of carbonyl (C=O) groups excluding carboxylic acids is 1. The number of nitrogens with zero attached hydrogens (tertiary/aromatic N) is 3. The number of aromatic nitrogens is 2. The topological polar surface area (TPSA) is 79.4 Å². The molecule has 0 atom stereocenters. The molecule has 3 rings (SSSR count). The van der Waals surface area contributed by atoms with E-state index in [4.69, 9.17) is 4.74 Å². The van der Waals surface area contributed by atoms with Crippen LogP contribution in [0.1, 0.15) is 35.6 Å². The Labute approximate surface area is 160 Å². The lowest BCUT2D eigenvalue weighted by molar-refractivity contribution is 0.0943. The number of nitrogens with one attached hydrogen (secondary N) is 2. The summed E-state index contributed by atoms with van der Waals surface area (Å²) in [7, 11) is 1.64. The Morgan fingerprint density at radius 3 is 2.63 bits per heavy atom. The summed E-state index contributed by atoms with van der Waals surface area (Å²) in [5.41, 5.74) is 2.53. The first-order valence-electron chi connectivity index (χ1n) is 9.40. The van der Waals surface area contributed by atoms with Gasteiger partial charge in [0.25, 0.3) is 5.91 Å². The molecule has 1 aromatic heterocycles. The number of hydrogen-bond acceptors (Lipinski definition) is 6. The van der Waals surface area contributed by atoms with Gasteiger partial charge in [0.1, 0.15) is 17.3 Å². The summed E-state index contributed by atoms with van der Waals surface area (Å²) in [6.07, 6.45) is 3.29. The van der Waals surface area contributed by atoms with Gasteiger partial charge in [0.15, 0.2) is 0 Å². The molecule has 0 unspecified atom stereocenters. The number of methoxy groups -OCH3 is 1. The van der Waals surface area contributed by atoms with Crippen LogP contribution in [0, 0.1) is 6.92 Å². The third-order valence-electron chi connectivity index (χ3n) is 4.49. The molecule has 7 nitrogen and oxygen atoms in total. The summed E-state index contributed by atoms with van der Waals surface area (Å²) in [5.74, 6) is 0.957. The molecule has 2 aromatic rings. The molecule has 2 heterocycles. The molecule has 0 spiro atoms. The second-order valence-electron chi connectivity index (χ2n) is 6.65. The zero-order valence-corrected chi connectivity index (χ0v) is 16.0. The highest BCUT2D eigenvalue weighted by molar-refractivity contribution is 5.93. The van der Waals surface area contributed by atoms with Crippen LogP contribution in [-0.4, -0.2) is 49.2 Å². The van der Waals surface area contributed by atoms with Gasteiger partial charge in [-0.15, -0.1) is 0 Å². The second-order valence-corrected chi connectivity index (χ2v) is 6.65. The van der Waals surface area contributed by atoms with Crippen LogP contribution in [0.15, 0.2) is 30.3 Å². The monoisotopic (exact) mass is 369 g/mol. The lowest BCUT2D eigenvalue weighted by Crippen LogP contribution is -2.26. The van der Waals surface area contributed by atoms with Gasteiger partial charge in [-0.3, -0.25) is 4.79 Å². The van der Waals surface area contributed by atoms with Crippen molar-refractivity contribution in [2.45, 2.75) is 26.2 Å². The van der Waals surface area contributed by atoms with Crippen molar-refractivity contribution in [3.05, 3.63) is 41.9 Å². The number of rotatable bonds is 8. The number of carbonyl (C=O) groups is 1. The van der Waals surface area contributed by atoms with E-state index in [-0.39, 0.29) is 5.91 Å². The van der Waals surface area contributed by atoms with E-state index in [1.165, 1.54) is 18.5 Å². The van der Waals surface area contributed by atoms with Gasteiger partial charge in [0, 0.05) is 50.8 Å². The predicted molar refractivity (Wildman–Crippen MR) is 107 cm³/mol. The maximum absolute atomic E-state index is 12.3. The highest BCUT2D eigenvalue weighted by Crippen LogP contribution is 2.23. The van der Waals surface area contributed by atoms with Gasteiger partial charge in [-0.25, -0.2) is 9.97 Å². The SMILES string of the molecule is COCCCNC(=O)c1cc(Nc2ccc(N3CCCC3)cc2)nc(C)n1. The van der Waals surface area contributed by atoms with Crippen molar-refractivity contribution in [3.8, 4) is 0 Å². The van der Waals surface area contributed by atoms with Gasteiger partial charge in [-0.2, -0.15) is 0 Å². The minimum atomic E-state index is -0.205. The van der Waals surface area contributed by atoms with Crippen LogP contribution in [0.5, 0.6) is 0 Å². The van der Waals surface area contributed by atoms with Crippen molar-refractivity contribution in [2.24, 2.45) is 0 Å². The first-order valence-corrected chi connectivity index (χ1v) is 9.40. The molecule has 1 amide bonds. The molecule has 0 bridgehead atoms. The third-order valence-corrected chi connectivity index (χ3v) is 4.49. The maximum Gasteiger partial charge on any atom is 0.270 e. The minimum absolute atomic E-state index is 0.205. The molecule has 1 aromatic carbocycles. The summed E-state index contributed by atoms with van der Waals surface area (Å²) < 4.78 is 4.98. The van der Waals surface area contributed by atoms with E-state index in [1.807, 2.05) is 12.1 Å². The highest BCUT2D eigenvalue weighted by atomic mass is 16.5. The number of ether oxygens (including phenoxy) is 1. The number of hydrogen-bond donors (Lipinski definition) is 2. The van der Waals surface area contributed by atoms with E-state index >= 15 is 0 Å². The molecule has 7 heteroatoms. The molecule has 2 N–H and O–H groups in total. The zero-order chi connectivity index (χ0) is 19.1. The number of amides is 1. The van der Waals surface area contributed by atoms with Crippen LogP contribution in [0.2, 0.25) is 0 Å². The summed E-state index contributed by atoms with van der Waals surface area (Å²) in [5, 5.41) is 6.11. The molecule has 1 saturated heterocycles. The quantitative estimate of drug-likeness (QED) is 0.697. The van der Waals surface area contributed by atoms with Crippen molar-refractivity contribution < 1.29 is 9.53 Å². The van der Waals surface area contributed by atoms with Gasteiger partial charge in [0.05, 0.1) is 0 Å². The fourth-order valence-corrected chi connectivity index (χ4v) is 3.14. The lowest BCUT2D eigenvalue weighted by atomic mass is 10.2. The summed E-state index contributed by atoms with van der Waals surface area (Å²) in [6.45, 7) is 5.20. The fraction of sp³-hybridized carbons (Fsp3) is 0.450. The average Bonchev–Trinajstić information content (AvgIpc) is 3.20. The molecular formula is C20H27N5O2. The molecule has 1 aliphatic heterocycles. The maximum atomic E-state index is 12.3. The van der Waals surface area contributed by atoms with Crippen molar-refractivity contribution in [1.82, 2.24) is 15.3 Å². The first kappa shape index (κ1) is 19.1. The second kappa shape index (κ2) is 9.32. The standard InChI is InChI=1S/C20H27N5O2/c1-15-22-18(20(26)21-10-5-13-27-2)14-19(23-15)24-16-6-8-17(9-7-16)25-11-3-4-12-25/h6-9,14H,3-5,10-13H2,1-2H3,(H,21,26)(H,22,23,24). The van der Waals surface area contributed by atoms with Gasteiger partial charge in [-0.1, -0.05) is 0 Å². The van der Waals surface area contributed by atoms with Crippen LogP contribution < -0.4 is 15.5 Å². The Bertz CT molecular complexity index is 757. The van der Waals surface area contributed by atoms with E-state index in [2.05, 4.69) is 37.6 Å². The molecule has 0 saturated carbocycles. The van der Waals surface area contributed by atoms with E-state index in [0.29, 0.717) is 30.5 Å². The zero-order valence-electron chi connectivity index (χ0n) is 16.0. The van der Waals surface area contributed by atoms with Crippen molar-refractivity contribution in [1.29, 1.82) is 0 Å². The third kappa shape index (κ3) is 5.40. The number of aryl methyl sites for hydroxylation is 1. The Balaban J connectivity index is 1.64. The van der Waals surface area contributed by atoms with Crippen LogP contribution >= 0.6 is 0 Å². The summed E-state index contributed by atoms with van der Waals surface area (Å²) in [4.78, 5) is 23.3. The van der Waals surface area contributed by atoms with Crippen molar-refractivity contribution >= 4 is 23.1 Å². The van der Waals surface area contributed by atoms with Crippen LogP contribution in [0.3, 0.4) is 0 Å². The van der Waals surface area contributed by atoms with Gasteiger partial charge >= 0.3 is 0 Å². The molecule has 0 radical (unpaired) electrons. The molecule has 1 aliphatic rings. The van der Waals surface area contributed by atoms with Crippen LogP contribution in [-0.2, 0) is 4.74 Å². The number of anilines is 3. The molecular weight excluding hydrogens is 342 g/mol. The highest BCUT2D eigenvalue weighted by Gasteiger charge is 2.13. The van der Waals surface area contributed by atoms with Crippen molar-refractivity contribution in [3.63, 3.8) is 0 Å². The van der Waals surface area contributed by atoms with E-state index in [9.17, 15) is 4.79 Å². The van der Waals surface area contributed by atoms with Crippen LogP contribution in [0.4, 0.5) is 17.2 Å². The first-order chi connectivity index (χ1) is 13.2. The lowest BCUT2D eigenvalue weighted by Gasteiger charge is -2.18. The van der Waals surface area contributed by atoms with Crippen molar-refractivity contribution in [2.75, 3.05) is 43.6 Å². The van der Waals surface area contributed by atoms with E-state index in [1.54, 1.807) is 20.1 Å². The van der Waals surface area contributed by atoms with Gasteiger partial charge < -0.3 is 20.3 Å². The predicted octanol–water partition coefficient (Wildman–Crippen LogP) is 2.90. The smallest absolute Gasteiger partial charge is 0.270 e. The summed E-state index contributed by atoms with van der Waals surface area (Å²) in [6, 6.07) is 9.98. The molecule has 1 fully saturated rings. The van der Waals surface area contributed by atoms with E-state index < -0.39 is 0 Å². The fourth-order valence-electron chi connectivity index (χ4n) is 3.14. The Morgan fingerprint density at radius 2 is 1.93 bits per heavy atom. The Morgan fingerprint density at radius 1 is 1.19 bits per heavy atom. The number of benzene rings is 1. The molecule has 0 aliphatic carbocycles. The van der Waals surface area contributed by atoms with Gasteiger partial charge in [-0.05, 0) is 50.5 Å². The van der Waals surface area contributed by atoms with E-state index in [0.717, 1.165) is 25.2 Å². The minimum Gasteiger partial charge on any atom is -0.385 e. The van der Waals surface area contributed by atoms with Crippen LogP contribution in [0.25, 0.3) is 0 Å². The average molecular weight is 369 g/mol. The van der Waals surface area contributed by atoms with Gasteiger partial charge in [0.2, 0.25) is 0 Å². The Hall–Kier alpha value is -2.67. The molecule has 144 valence electrons. The Kier molecular flexibility index (Phi) is 6.59. The normalized spacial score (nSPS) is 13.6.